The quantitative estimate of drug-likeness (QED) is 0.835. The van der Waals surface area contributed by atoms with Gasteiger partial charge in [0.25, 0.3) is 0 Å². The van der Waals surface area contributed by atoms with E-state index < -0.39 is 9.84 Å². The smallest absolute Gasteiger partial charge is 0.151 e. The molecule has 0 unspecified atom stereocenters. The van der Waals surface area contributed by atoms with Crippen LogP contribution >= 0.6 is 0 Å². The summed E-state index contributed by atoms with van der Waals surface area (Å²) in [6.07, 6.45) is 0. The molecule has 1 aromatic carbocycles. The van der Waals surface area contributed by atoms with Gasteiger partial charge in [0.2, 0.25) is 0 Å². The molecule has 0 saturated carbocycles. The molecule has 0 amide bonds. The Balaban J connectivity index is 2.45. The Kier molecular flexibility index (Phi) is 4.15. The van der Waals surface area contributed by atoms with Crippen LogP contribution in [0.2, 0.25) is 0 Å². The van der Waals surface area contributed by atoms with Crippen molar-refractivity contribution in [3.63, 3.8) is 0 Å². The van der Waals surface area contributed by atoms with Gasteiger partial charge >= 0.3 is 0 Å². The molecule has 15 heavy (non-hydrogen) atoms. The van der Waals surface area contributed by atoms with Gasteiger partial charge in [0.15, 0.2) is 9.84 Å². The summed E-state index contributed by atoms with van der Waals surface area (Å²) in [6.45, 7) is 4.15. The number of rotatable bonds is 5. The maximum Gasteiger partial charge on any atom is 0.151 e. The van der Waals surface area contributed by atoms with Gasteiger partial charge in [0.1, 0.15) is 0 Å². The molecule has 0 spiro atoms. The van der Waals surface area contributed by atoms with E-state index in [2.05, 4.69) is 5.32 Å². The van der Waals surface area contributed by atoms with E-state index in [0.717, 1.165) is 5.69 Å². The zero-order valence-electron chi connectivity index (χ0n) is 9.16. The molecule has 0 saturated heterocycles. The number of nitrogens with one attached hydrogen (secondary N) is 1. The van der Waals surface area contributed by atoms with Crippen LogP contribution in [0.15, 0.2) is 24.3 Å². The van der Waals surface area contributed by atoms with Crippen molar-refractivity contribution in [2.75, 3.05) is 23.4 Å². The zero-order valence-corrected chi connectivity index (χ0v) is 9.97. The van der Waals surface area contributed by atoms with E-state index in [1.165, 1.54) is 5.56 Å². The van der Waals surface area contributed by atoms with Crippen LogP contribution in [-0.2, 0) is 9.84 Å². The molecule has 0 aliphatic carbocycles. The number of anilines is 1. The molecular formula is C11H17NO2S. The molecule has 0 aliphatic rings. The van der Waals surface area contributed by atoms with E-state index in [1.807, 2.05) is 31.2 Å². The van der Waals surface area contributed by atoms with E-state index in [4.69, 9.17) is 0 Å². The Hall–Kier alpha value is -1.03. The first-order chi connectivity index (χ1) is 7.03. The number of benzene rings is 1. The molecule has 0 radical (unpaired) electrons. The minimum absolute atomic E-state index is 0.192. The average molecular weight is 227 g/mol. The minimum Gasteiger partial charge on any atom is -0.384 e. The molecule has 0 bridgehead atoms. The van der Waals surface area contributed by atoms with Gasteiger partial charge in [0, 0.05) is 18.0 Å². The molecule has 0 atom stereocenters. The average Bonchev–Trinajstić information content (AvgIpc) is 2.18. The number of hydrogen-bond donors (Lipinski definition) is 1. The summed E-state index contributed by atoms with van der Waals surface area (Å²) in [5.74, 6) is 0.403. The molecule has 3 nitrogen and oxygen atoms in total. The second-order valence-electron chi connectivity index (χ2n) is 3.53. The maximum absolute atomic E-state index is 11.2. The summed E-state index contributed by atoms with van der Waals surface area (Å²) >= 11 is 0. The SMILES string of the molecule is CCS(=O)(=O)CCNc1cccc(C)c1. The number of sulfone groups is 1. The second kappa shape index (κ2) is 5.16. The Morgan fingerprint density at radius 2 is 2.07 bits per heavy atom. The molecule has 84 valence electrons. The highest BCUT2D eigenvalue weighted by Gasteiger charge is 2.05. The van der Waals surface area contributed by atoms with E-state index in [-0.39, 0.29) is 11.5 Å². The summed E-state index contributed by atoms with van der Waals surface area (Å²) in [5, 5.41) is 3.10. The summed E-state index contributed by atoms with van der Waals surface area (Å²) in [4.78, 5) is 0. The highest BCUT2D eigenvalue weighted by atomic mass is 32.2. The molecule has 1 N–H and O–H groups in total. The van der Waals surface area contributed by atoms with Crippen molar-refractivity contribution in [2.45, 2.75) is 13.8 Å². The third-order valence-corrected chi connectivity index (χ3v) is 3.91. The largest absolute Gasteiger partial charge is 0.384 e. The van der Waals surface area contributed by atoms with E-state index in [1.54, 1.807) is 6.92 Å². The van der Waals surface area contributed by atoms with E-state index in [0.29, 0.717) is 6.54 Å². The fourth-order valence-electron chi connectivity index (χ4n) is 1.25. The fraction of sp³-hybridized carbons (Fsp3) is 0.455. The van der Waals surface area contributed by atoms with Crippen molar-refractivity contribution in [1.82, 2.24) is 0 Å². The molecular weight excluding hydrogens is 210 g/mol. The lowest BCUT2D eigenvalue weighted by atomic mass is 10.2. The van der Waals surface area contributed by atoms with Crippen LogP contribution in [0.3, 0.4) is 0 Å². The summed E-state index contributed by atoms with van der Waals surface area (Å²) in [6, 6.07) is 7.89. The standard InChI is InChI=1S/C11H17NO2S/c1-3-15(13,14)8-7-12-11-6-4-5-10(2)9-11/h4-6,9,12H,3,7-8H2,1-2H3. The van der Waals surface area contributed by atoms with Crippen molar-refractivity contribution in [2.24, 2.45) is 0 Å². The van der Waals surface area contributed by atoms with Crippen LogP contribution in [0.25, 0.3) is 0 Å². The first-order valence-electron chi connectivity index (χ1n) is 5.04. The molecule has 0 heterocycles. The third-order valence-electron chi connectivity index (χ3n) is 2.20. The van der Waals surface area contributed by atoms with Crippen LogP contribution in [0, 0.1) is 6.92 Å². The van der Waals surface area contributed by atoms with Gasteiger partial charge in [-0.25, -0.2) is 8.42 Å². The van der Waals surface area contributed by atoms with Gasteiger partial charge in [-0.05, 0) is 24.6 Å². The van der Waals surface area contributed by atoms with Gasteiger partial charge in [-0.2, -0.15) is 0 Å². The lowest BCUT2D eigenvalue weighted by Gasteiger charge is -2.06. The Morgan fingerprint density at radius 3 is 2.67 bits per heavy atom. The Labute approximate surface area is 91.4 Å². The summed E-state index contributed by atoms with van der Waals surface area (Å²) < 4.78 is 22.4. The zero-order chi connectivity index (χ0) is 11.3. The molecule has 1 rings (SSSR count). The fourth-order valence-corrected chi connectivity index (χ4v) is 1.95. The maximum atomic E-state index is 11.2. The Morgan fingerprint density at radius 1 is 1.33 bits per heavy atom. The lowest BCUT2D eigenvalue weighted by molar-refractivity contribution is 0.597. The van der Waals surface area contributed by atoms with Gasteiger partial charge < -0.3 is 5.32 Å². The van der Waals surface area contributed by atoms with Gasteiger partial charge in [-0.15, -0.1) is 0 Å². The lowest BCUT2D eigenvalue weighted by Crippen LogP contribution is -2.17. The van der Waals surface area contributed by atoms with Crippen LogP contribution < -0.4 is 5.32 Å². The predicted molar refractivity (Wildman–Crippen MR) is 64.0 cm³/mol. The van der Waals surface area contributed by atoms with Crippen molar-refractivity contribution < 1.29 is 8.42 Å². The molecule has 4 heteroatoms. The molecule has 0 aliphatic heterocycles. The monoisotopic (exact) mass is 227 g/mol. The van der Waals surface area contributed by atoms with Crippen molar-refractivity contribution in [1.29, 1.82) is 0 Å². The summed E-state index contributed by atoms with van der Waals surface area (Å²) in [5.41, 5.74) is 2.14. The first kappa shape index (κ1) is 12.0. The molecule has 0 fully saturated rings. The van der Waals surface area contributed by atoms with Crippen molar-refractivity contribution >= 4 is 15.5 Å². The van der Waals surface area contributed by atoms with Gasteiger partial charge in [-0.1, -0.05) is 19.1 Å². The van der Waals surface area contributed by atoms with E-state index in [9.17, 15) is 8.42 Å². The normalized spacial score (nSPS) is 11.3. The topological polar surface area (TPSA) is 46.2 Å². The van der Waals surface area contributed by atoms with Gasteiger partial charge in [0.05, 0.1) is 5.75 Å². The van der Waals surface area contributed by atoms with Crippen LogP contribution in [0.1, 0.15) is 12.5 Å². The first-order valence-corrected chi connectivity index (χ1v) is 6.86. The predicted octanol–water partition coefficient (Wildman–Crippen LogP) is 1.84. The second-order valence-corrected chi connectivity index (χ2v) is 6.01. The highest BCUT2D eigenvalue weighted by Crippen LogP contribution is 2.08. The number of aryl methyl sites for hydroxylation is 1. The third kappa shape index (κ3) is 4.34. The minimum atomic E-state index is -2.86. The van der Waals surface area contributed by atoms with Crippen LogP contribution in [-0.4, -0.2) is 26.5 Å². The van der Waals surface area contributed by atoms with Gasteiger partial charge in [-0.3, -0.25) is 0 Å². The Bertz CT molecular complexity index is 412. The highest BCUT2D eigenvalue weighted by molar-refractivity contribution is 7.91. The van der Waals surface area contributed by atoms with Crippen LogP contribution in [0.4, 0.5) is 5.69 Å². The molecule has 0 aromatic heterocycles. The van der Waals surface area contributed by atoms with Crippen molar-refractivity contribution in [3.05, 3.63) is 29.8 Å². The molecule has 1 aromatic rings. The van der Waals surface area contributed by atoms with E-state index >= 15 is 0 Å². The summed E-state index contributed by atoms with van der Waals surface area (Å²) in [7, 11) is -2.86. The van der Waals surface area contributed by atoms with Crippen LogP contribution in [0.5, 0.6) is 0 Å². The number of hydrogen-bond acceptors (Lipinski definition) is 3. The van der Waals surface area contributed by atoms with Crippen molar-refractivity contribution in [3.8, 4) is 0 Å².